The fourth-order valence-electron chi connectivity index (χ4n) is 2.61. The van der Waals surface area contributed by atoms with E-state index in [1.807, 2.05) is 24.3 Å². The van der Waals surface area contributed by atoms with Crippen LogP contribution >= 0.6 is 11.6 Å². The first kappa shape index (κ1) is 18.5. The number of hydrogen-bond acceptors (Lipinski definition) is 7. The molecule has 0 aliphatic heterocycles. The molecular formula is C20H15ClN6O2. The van der Waals surface area contributed by atoms with Crippen molar-refractivity contribution in [2.75, 3.05) is 11.2 Å². The molecule has 0 saturated carbocycles. The number of ether oxygens (including phenoxy) is 1. The molecule has 0 radical (unpaired) electrons. The number of carbonyl (C=O) groups is 1. The van der Waals surface area contributed by atoms with Gasteiger partial charge in [0.05, 0.1) is 0 Å². The van der Waals surface area contributed by atoms with Crippen LogP contribution in [-0.4, -0.2) is 20.9 Å². The Morgan fingerprint density at radius 3 is 2.62 bits per heavy atom. The van der Waals surface area contributed by atoms with Crippen molar-refractivity contribution in [2.24, 2.45) is 0 Å². The smallest absolute Gasteiger partial charge is 0.269 e. The molecule has 0 bridgehead atoms. The van der Waals surface area contributed by atoms with Gasteiger partial charge in [0.1, 0.15) is 17.5 Å². The van der Waals surface area contributed by atoms with E-state index in [0.29, 0.717) is 21.9 Å². The first-order chi connectivity index (χ1) is 14.1. The standard InChI is InChI=1S/C20H15ClN6O2/c21-14-8-6-13(7-9-14)19(28)27-26-18-16(22)20(25-11-24-18)29-15-5-1-3-12-4-2-10-23-17(12)15/h1-11H,22H2,(H,27,28)(H,24,25,26). The molecule has 2 aromatic carbocycles. The van der Waals surface area contributed by atoms with Crippen LogP contribution in [0.2, 0.25) is 5.02 Å². The lowest BCUT2D eigenvalue weighted by molar-refractivity contribution is 0.0962. The Balaban J connectivity index is 1.53. The summed E-state index contributed by atoms with van der Waals surface area (Å²) in [7, 11) is 0. The number of nitrogens with one attached hydrogen (secondary N) is 2. The van der Waals surface area contributed by atoms with Crippen molar-refractivity contribution in [1.82, 2.24) is 20.4 Å². The number of fused-ring (bicyclic) bond motifs is 1. The first-order valence-electron chi connectivity index (χ1n) is 8.56. The predicted molar refractivity (Wildman–Crippen MR) is 111 cm³/mol. The van der Waals surface area contributed by atoms with E-state index >= 15 is 0 Å². The fourth-order valence-corrected chi connectivity index (χ4v) is 2.74. The van der Waals surface area contributed by atoms with Crippen LogP contribution in [0.25, 0.3) is 10.9 Å². The molecule has 0 atom stereocenters. The summed E-state index contributed by atoms with van der Waals surface area (Å²) in [6, 6.07) is 15.8. The lowest BCUT2D eigenvalue weighted by Crippen LogP contribution is -2.30. The van der Waals surface area contributed by atoms with Gasteiger partial charge >= 0.3 is 0 Å². The molecule has 0 saturated heterocycles. The summed E-state index contributed by atoms with van der Waals surface area (Å²) in [5, 5.41) is 1.46. The largest absolute Gasteiger partial charge is 0.435 e. The van der Waals surface area contributed by atoms with Gasteiger partial charge in [-0.2, -0.15) is 4.98 Å². The molecule has 29 heavy (non-hydrogen) atoms. The van der Waals surface area contributed by atoms with Crippen LogP contribution in [0.4, 0.5) is 11.5 Å². The number of amides is 1. The van der Waals surface area contributed by atoms with Gasteiger partial charge in [-0.3, -0.25) is 20.6 Å². The number of anilines is 2. The zero-order valence-corrected chi connectivity index (χ0v) is 15.7. The van der Waals surface area contributed by atoms with E-state index in [4.69, 9.17) is 22.1 Å². The number of nitrogens with zero attached hydrogens (tertiary/aromatic N) is 3. The summed E-state index contributed by atoms with van der Waals surface area (Å²) >= 11 is 5.83. The Morgan fingerprint density at radius 2 is 1.79 bits per heavy atom. The van der Waals surface area contributed by atoms with Crippen molar-refractivity contribution in [3.8, 4) is 11.6 Å². The molecule has 0 fully saturated rings. The monoisotopic (exact) mass is 406 g/mol. The molecule has 0 aliphatic rings. The summed E-state index contributed by atoms with van der Waals surface area (Å²) in [4.78, 5) is 24.7. The third-order valence-corrected chi connectivity index (χ3v) is 4.30. The number of benzene rings is 2. The highest BCUT2D eigenvalue weighted by molar-refractivity contribution is 6.30. The quantitative estimate of drug-likeness (QED) is 0.431. The van der Waals surface area contributed by atoms with Crippen LogP contribution in [0.1, 0.15) is 10.4 Å². The highest BCUT2D eigenvalue weighted by Crippen LogP contribution is 2.32. The van der Waals surface area contributed by atoms with Crippen LogP contribution in [0.3, 0.4) is 0 Å². The van der Waals surface area contributed by atoms with Crippen molar-refractivity contribution in [2.45, 2.75) is 0 Å². The number of rotatable bonds is 5. The molecule has 0 aliphatic carbocycles. The molecule has 4 aromatic rings. The molecular weight excluding hydrogens is 392 g/mol. The summed E-state index contributed by atoms with van der Waals surface area (Å²) in [5.74, 6) is 0.469. The summed E-state index contributed by atoms with van der Waals surface area (Å²) in [6.07, 6.45) is 2.96. The highest BCUT2D eigenvalue weighted by Gasteiger charge is 2.13. The second-order valence-corrected chi connectivity index (χ2v) is 6.40. The molecule has 4 N–H and O–H groups in total. The van der Waals surface area contributed by atoms with E-state index < -0.39 is 0 Å². The molecule has 2 heterocycles. The maximum absolute atomic E-state index is 12.2. The van der Waals surface area contributed by atoms with Gasteiger partial charge < -0.3 is 10.5 Å². The number of pyridine rings is 1. The molecule has 0 spiro atoms. The topological polar surface area (TPSA) is 115 Å². The summed E-state index contributed by atoms with van der Waals surface area (Å²) < 4.78 is 5.86. The average Bonchev–Trinajstić information content (AvgIpc) is 2.75. The van der Waals surface area contributed by atoms with Crippen molar-refractivity contribution in [3.05, 3.63) is 77.7 Å². The van der Waals surface area contributed by atoms with E-state index in [9.17, 15) is 4.79 Å². The van der Waals surface area contributed by atoms with Crippen LogP contribution < -0.4 is 21.3 Å². The number of halogens is 1. The van der Waals surface area contributed by atoms with E-state index in [2.05, 4.69) is 25.8 Å². The number of para-hydroxylation sites is 1. The molecule has 2 aromatic heterocycles. The van der Waals surface area contributed by atoms with Crippen LogP contribution in [0.5, 0.6) is 11.6 Å². The Labute approximate surface area is 170 Å². The molecule has 144 valence electrons. The SMILES string of the molecule is Nc1c(NNC(=O)c2ccc(Cl)cc2)ncnc1Oc1cccc2cccnc12. The van der Waals surface area contributed by atoms with Crippen LogP contribution in [0.15, 0.2) is 67.1 Å². The lowest BCUT2D eigenvalue weighted by atomic mass is 10.2. The third kappa shape index (κ3) is 4.02. The minimum atomic E-state index is -0.375. The van der Waals surface area contributed by atoms with Crippen molar-refractivity contribution in [3.63, 3.8) is 0 Å². The third-order valence-electron chi connectivity index (χ3n) is 4.05. The van der Waals surface area contributed by atoms with Gasteiger partial charge in [0, 0.05) is 22.2 Å². The second kappa shape index (κ2) is 7.99. The van der Waals surface area contributed by atoms with Crippen LogP contribution in [0, 0.1) is 0 Å². The number of carbonyl (C=O) groups excluding carboxylic acids is 1. The van der Waals surface area contributed by atoms with Gasteiger partial charge in [-0.15, -0.1) is 0 Å². The maximum Gasteiger partial charge on any atom is 0.269 e. The van der Waals surface area contributed by atoms with E-state index in [1.54, 1.807) is 36.5 Å². The molecule has 8 nitrogen and oxygen atoms in total. The van der Waals surface area contributed by atoms with Crippen molar-refractivity contribution in [1.29, 1.82) is 0 Å². The maximum atomic E-state index is 12.2. The van der Waals surface area contributed by atoms with Crippen molar-refractivity contribution >= 4 is 39.9 Å². The zero-order valence-electron chi connectivity index (χ0n) is 15.0. The van der Waals surface area contributed by atoms with Gasteiger partial charge in [0.2, 0.25) is 5.88 Å². The Hall–Kier alpha value is -3.91. The predicted octanol–water partition coefficient (Wildman–Crippen LogP) is 3.81. The number of hydrogen-bond donors (Lipinski definition) is 3. The molecule has 4 rings (SSSR count). The van der Waals surface area contributed by atoms with E-state index in [0.717, 1.165) is 5.39 Å². The normalized spacial score (nSPS) is 10.5. The average molecular weight is 407 g/mol. The van der Waals surface area contributed by atoms with Gasteiger partial charge in [-0.25, -0.2) is 4.98 Å². The van der Waals surface area contributed by atoms with Gasteiger partial charge in [0.15, 0.2) is 11.6 Å². The summed E-state index contributed by atoms with van der Waals surface area (Å²) in [6.45, 7) is 0. The fraction of sp³-hybridized carbons (Fsp3) is 0. The number of nitrogen functional groups attached to an aromatic ring is 1. The molecule has 0 unspecified atom stereocenters. The minimum absolute atomic E-state index is 0.136. The van der Waals surface area contributed by atoms with Gasteiger partial charge in [0.25, 0.3) is 5.91 Å². The Bertz CT molecular complexity index is 1180. The van der Waals surface area contributed by atoms with Crippen molar-refractivity contribution < 1.29 is 9.53 Å². The molecule has 9 heteroatoms. The van der Waals surface area contributed by atoms with E-state index in [-0.39, 0.29) is 23.3 Å². The zero-order chi connectivity index (χ0) is 20.2. The summed E-state index contributed by atoms with van der Waals surface area (Å²) in [5.41, 5.74) is 12.6. The Kier molecular flexibility index (Phi) is 5.08. The highest BCUT2D eigenvalue weighted by atomic mass is 35.5. The number of hydrazine groups is 1. The Morgan fingerprint density at radius 1 is 1.00 bits per heavy atom. The van der Waals surface area contributed by atoms with Gasteiger partial charge in [-0.05, 0) is 36.4 Å². The second-order valence-electron chi connectivity index (χ2n) is 5.96. The first-order valence-corrected chi connectivity index (χ1v) is 8.93. The molecule has 1 amide bonds. The minimum Gasteiger partial charge on any atom is -0.435 e. The lowest BCUT2D eigenvalue weighted by Gasteiger charge is -2.13. The van der Waals surface area contributed by atoms with Gasteiger partial charge in [-0.1, -0.05) is 29.8 Å². The van der Waals surface area contributed by atoms with E-state index in [1.165, 1.54) is 6.33 Å². The van der Waals surface area contributed by atoms with Crippen LogP contribution in [-0.2, 0) is 0 Å². The number of nitrogens with two attached hydrogens (primary N) is 1. The number of aromatic nitrogens is 3.